The molecule has 0 spiro atoms. The van der Waals surface area contributed by atoms with Gasteiger partial charge >= 0.3 is 0 Å². The highest BCUT2D eigenvalue weighted by Gasteiger charge is 2.34. The predicted molar refractivity (Wildman–Crippen MR) is 137 cm³/mol. The highest BCUT2D eigenvalue weighted by Crippen LogP contribution is 2.41. The maximum atomic E-state index is 15.1. The van der Waals surface area contributed by atoms with E-state index in [1.54, 1.807) is 18.5 Å². The third kappa shape index (κ3) is 4.46. The SMILES string of the molecule is Cc1c(F)c(CCN2CCN(c3nsc4ccccc34)CC2)cc2c1NC(=O)CC2(C)C.Cl. The van der Waals surface area contributed by atoms with E-state index in [0.717, 1.165) is 49.7 Å². The lowest BCUT2D eigenvalue weighted by atomic mass is 9.76. The fourth-order valence-electron chi connectivity index (χ4n) is 4.98. The van der Waals surface area contributed by atoms with Gasteiger partial charge in [-0.25, -0.2) is 4.39 Å². The summed E-state index contributed by atoms with van der Waals surface area (Å²) in [6.07, 6.45) is 1.10. The topological polar surface area (TPSA) is 48.5 Å². The van der Waals surface area contributed by atoms with Crippen LogP contribution in [-0.4, -0.2) is 47.9 Å². The fraction of sp³-hybridized carbons (Fsp3) is 0.440. The molecule has 33 heavy (non-hydrogen) atoms. The van der Waals surface area contributed by atoms with Gasteiger partial charge in [0.15, 0.2) is 0 Å². The van der Waals surface area contributed by atoms with Gasteiger partial charge in [-0.3, -0.25) is 9.69 Å². The second-order valence-corrected chi connectivity index (χ2v) is 10.4. The van der Waals surface area contributed by atoms with Gasteiger partial charge in [0.25, 0.3) is 0 Å². The Hall–Kier alpha value is -2.22. The van der Waals surface area contributed by atoms with E-state index in [1.807, 2.05) is 6.07 Å². The monoisotopic (exact) mass is 488 g/mol. The highest BCUT2D eigenvalue weighted by atomic mass is 35.5. The van der Waals surface area contributed by atoms with Gasteiger partial charge in [-0.15, -0.1) is 12.4 Å². The van der Waals surface area contributed by atoms with Gasteiger partial charge < -0.3 is 10.2 Å². The van der Waals surface area contributed by atoms with Crippen molar-refractivity contribution in [3.8, 4) is 0 Å². The number of amides is 1. The zero-order valence-electron chi connectivity index (χ0n) is 19.3. The molecule has 2 aliphatic rings. The van der Waals surface area contributed by atoms with Crippen LogP contribution in [0.5, 0.6) is 0 Å². The summed E-state index contributed by atoms with van der Waals surface area (Å²) < 4.78 is 21.0. The van der Waals surface area contributed by atoms with Crippen LogP contribution in [0.4, 0.5) is 15.9 Å². The predicted octanol–water partition coefficient (Wildman–Crippen LogP) is 5.15. The first kappa shape index (κ1) is 23.9. The minimum atomic E-state index is -0.285. The van der Waals surface area contributed by atoms with Crippen LogP contribution in [-0.2, 0) is 16.6 Å². The minimum Gasteiger partial charge on any atom is -0.353 e. The molecule has 2 aliphatic heterocycles. The van der Waals surface area contributed by atoms with Gasteiger partial charge in [-0.05, 0) is 48.1 Å². The van der Waals surface area contributed by atoms with Crippen molar-refractivity contribution >= 4 is 51.4 Å². The summed E-state index contributed by atoms with van der Waals surface area (Å²) in [6.45, 7) is 10.5. The maximum absolute atomic E-state index is 15.1. The summed E-state index contributed by atoms with van der Waals surface area (Å²) in [5.41, 5.74) is 2.73. The first-order chi connectivity index (χ1) is 15.3. The zero-order chi connectivity index (χ0) is 22.5. The molecule has 5 nitrogen and oxygen atoms in total. The van der Waals surface area contributed by atoms with Crippen LogP contribution in [0.2, 0.25) is 0 Å². The third-order valence-corrected chi connectivity index (χ3v) is 7.71. The summed E-state index contributed by atoms with van der Waals surface area (Å²) in [4.78, 5) is 16.8. The lowest BCUT2D eigenvalue weighted by Gasteiger charge is -2.36. The van der Waals surface area contributed by atoms with Crippen molar-refractivity contribution in [2.24, 2.45) is 0 Å². The average molecular weight is 489 g/mol. The number of halogens is 2. The van der Waals surface area contributed by atoms with Crippen molar-refractivity contribution in [2.45, 2.75) is 39.0 Å². The third-order valence-electron chi connectivity index (χ3n) is 6.90. The molecule has 0 atom stereocenters. The van der Waals surface area contributed by atoms with Gasteiger partial charge in [0.1, 0.15) is 11.6 Å². The number of fused-ring (bicyclic) bond motifs is 2. The number of hydrogen-bond donors (Lipinski definition) is 1. The Labute approximate surface area is 204 Å². The largest absolute Gasteiger partial charge is 0.353 e. The highest BCUT2D eigenvalue weighted by molar-refractivity contribution is 7.13. The number of carbonyl (C=O) groups is 1. The van der Waals surface area contributed by atoms with Crippen LogP contribution in [0.3, 0.4) is 0 Å². The standard InChI is InChI=1S/C25H29FN4OS.ClH/c1-16-22(26)17(14-19-23(16)27-21(31)15-25(19,2)3)8-9-29-10-12-30(13-11-29)24-18-6-4-5-7-20(18)32-28-24;/h4-7,14H,8-13,15H2,1-3H3,(H,27,31);1H. The van der Waals surface area contributed by atoms with Crippen LogP contribution >= 0.6 is 23.9 Å². The van der Waals surface area contributed by atoms with Crippen molar-refractivity contribution in [1.29, 1.82) is 0 Å². The molecule has 176 valence electrons. The molecule has 1 N–H and O–H groups in total. The Morgan fingerprint density at radius 3 is 2.67 bits per heavy atom. The van der Waals surface area contributed by atoms with Crippen molar-refractivity contribution in [3.63, 3.8) is 0 Å². The molecule has 0 bridgehead atoms. The van der Waals surface area contributed by atoms with Crippen LogP contribution in [0.1, 0.15) is 37.0 Å². The second kappa shape index (κ2) is 9.20. The van der Waals surface area contributed by atoms with E-state index in [1.165, 1.54) is 10.1 Å². The van der Waals surface area contributed by atoms with Crippen LogP contribution < -0.4 is 10.2 Å². The minimum absolute atomic E-state index is 0. The van der Waals surface area contributed by atoms with Gasteiger partial charge in [-0.1, -0.05) is 32.0 Å². The summed E-state index contributed by atoms with van der Waals surface area (Å²) in [5, 5.41) is 4.12. The number of benzene rings is 2. The molecule has 1 aromatic heterocycles. The normalized spacial score (nSPS) is 18.1. The lowest BCUT2D eigenvalue weighted by Crippen LogP contribution is -2.47. The molecule has 0 unspecified atom stereocenters. The summed E-state index contributed by atoms with van der Waals surface area (Å²) in [7, 11) is 0. The molecule has 0 aliphatic carbocycles. The molecule has 8 heteroatoms. The molecule has 5 rings (SSSR count). The number of nitrogens with zero attached hydrogens (tertiary/aromatic N) is 3. The molecular formula is C25H30ClFN4OS. The Bertz CT molecular complexity index is 1190. The molecule has 0 radical (unpaired) electrons. The number of carbonyl (C=O) groups excluding carboxylic acids is 1. The van der Waals surface area contributed by atoms with Crippen molar-refractivity contribution in [3.05, 3.63) is 52.8 Å². The number of hydrogen-bond acceptors (Lipinski definition) is 5. The van der Waals surface area contributed by atoms with Gasteiger partial charge in [0.05, 0.1) is 10.4 Å². The average Bonchev–Trinajstić information content (AvgIpc) is 3.20. The number of aromatic nitrogens is 1. The van der Waals surface area contributed by atoms with Crippen LogP contribution in [0, 0.1) is 12.7 Å². The summed E-state index contributed by atoms with van der Waals surface area (Å²) in [5.74, 6) is 0.865. The molecule has 1 fully saturated rings. The number of piperazine rings is 1. The number of rotatable bonds is 4. The second-order valence-electron chi connectivity index (χ2n) is 9.59. The van der Waals surface area contributed by atoms with E-state index in [4.69, 9.17) is 0 Å². The fourth-order valence-corrected chi connectivity index (χ4v) is 5.78. The first-order valence-corrected chi connectivity index (χ1v) is 12.0. The van der Waals surface area contributed by atoms with E-state index >= 15 is 4.39 Å². The smallest absolute Gasteiger partial charge is 0.225 e. The van der Waals surface area contributed by atoms with E-state index in [-0.39, 0.29) is 29.5 Å². The van der Waals surface area contributed by atoms with Crippen molar-refractivity contribution < 1.29 is 9.18 Å². The van der Waals surface area contributed by atoms with E-state index < -0.39 is 0 Å². The van der Waals surface area contributed by atoms with Crippen LogP contribution in [0.25, 0.3) is 10.1 Å². The Morgan fingerprint density at radius 1 is 1.18 bits per heavy atom. The maximum Gasteiger partial charge on any atom is 0.225 e. The van der Waals surface area contributed by atoms with E-state index in [0.29, 0.717) is 24.1 Å². The zero-order valence-corrected chi connectivity index (χ0v) is 20.9. The molecule has 3 heterocycles. The van der Waals surface area contributed by atoms with E-state index in [2.05, 4.69) is 57.6 Å². The van der Waals surface area contributed by atoms with Crippen LogP contribution in [0.15, 0.2) is 30.3 Å². The van der Waals surface area contributed by atoms with Gasteiger partial charge in [0, 0.05) is 55.5 Å². The Kier molecular flexibility index (Phi) is 6.67. The molecule has 3 aromatic rings. The molecular weight excluding hydrogens is 459 g/mol. The number of anilines is 2. The van der Waals surface area contributed by atoms with Crippen molar-refractivity contribution in [2.75, 3.05) is 42.9 Å². The van der Waals surface area contributed by atoms with Gasteiger partial charge in [0.2, 0.25) is 5.91 Å². The van der Waals surface area contributed by atoms with Crippen molar-refractivity contribution in [1.82, 2.24) is 9.27 Å². The first-order valence-electron chi connectivity index (χ1n) is 11.3. The van der Waals surface area contributed by atoms with Gasteiger partial charge in [-0.2, -0.15) is 4.37 Å². The molecule has 1 saturated heterocycles. The molecule has 0 saturated carbocycles. The number of nitrogens with one attached hydrogen (secondary N) is 1. The lowest BCUT2D eigenvalue weighted by molar-refractivity contribution is -0.117. The molecule has 2 aromatic carbocycles. The van der Waals surface area contributed by atoms with E-state index in [9.17, 15) is 4.79 Å². The quantitative estimate of drug-likeness (QED) is 0.551. The Balaban J connectivity index is 0.00000259. The summed E-state index contributed by atoms with van der Waals surface area (Å²) in [6, 6.07) is 10.4. The molecule has 1 amide bonds. The summed E-state index contributed by atoms with van der Waals surface area (Å²) >= 11 is 1.56. The Morgan fingerprint density at radius 2 is 1.91 bits per heavy atom.